The lowest BCUT2D eigenvalue weighted by Crippen LogP contribution is -1.72. The topological polar surface area (TPSA) is 23.8 Å². The van der Waals surface area contributed by atoms with Crippen LogP contribution < -0.4 is 0 Å². The molecular formula is C8H11N. The Hall–Kier alpha value is -1.03. The molecule has 0 radical (unpaired) electrons. The highest BCUT2D eigenvalue weighted by molar-refractivity contribution is 5.20. The van der Waals surface area contributed by atoms with E-state index in [9.17, 15) is 0 Å². The summed E-state index contributed by atoms with van der Waals surface area (Å²) in [4.78, 5) is 0. The van der Waals surface area contributed by atoms with Crippen LogP contribution in [0.25, 0.3) is 0 Å². The van der Waals surface area contributed by atoms with Gasteiger partial charge in [-0.3, -0.25) is 0 Å². The standard InChI is InChI=1S/C8H11N/c1-3-5-6-8(4-2)7-9/h3,6H,1,4-5H2,2H3/b8-6+. The second kappa shape index (κ2) is 5.11. The third-order valence-electron chi connectivity index (χ3n) is 1.06. The summed E-state index contributed by atoms with van der Waals surface area (Å²) in [6, 6.07) is 2.10. The quantitative estimate of drug-likeness (QED) is 0.415. The molecule has 48 valence electrons. The fourth-order valence-electron chi connectivity index (χ4n) is 0.495. The van der Waals surface area contributed by atoms with Crippen molar-refractivity contribution in [3.05, 3.63) is 24.3 Å². The number of allylic oxidation sites excluding steroid dienone is 3. The fourth-order valence-corrected chi connectivity index (χ4v) is 0.495. The molecule has 0 aliphatic rings. The van der Waals surface area contributed by atoms with Crippen LogP contribution in [0.1, 0.15) is 19.8 Å². The van der Waals surface area contributed by atoms with Crippen molar-refractivity contribution >= 4 is 0 Å². The second-order valence-electron chi connectivity index (χ2n) is 1.72. The van der Waals surface area contributed by atoms with E-state index in [1.54, 1.807) is 6.08 Å². The van der Waals surface area contributed by atoms with Gasteiger partial charge >= 0.3 is 0 Å². The largest absolute Gasteiger partial charge is 0.193 e. The van der Waals surface area contributed by atoms with Gasteiger partial charge in [0.05, 0.1) is 6.07 Å². The van der Waals surface area contributed by atoms with Crippen LogP contribution in [0.5, 0.6) is 0 Å². The first-order valence-electron chi connectivity index (χ1n) is 3.05. The summed E-state index contributed by atoms with van der Waals surface area (Å²) in [7, 11) is 0. The lowest BCUT2D eigenvalue weighted by molar-refractivity contribution is 1.13. The van der Waals surface area contributed by atoms with E-state index in [1.807, 2.05) is 13.0 Å². The number of hydrogen-bond donors (Lipinski definition) is 0. The summed E-state index contributed by atoms with van der Waals surface area (Å²) in [5, 5.41) is 8.40. The first kappa shape index (κ1) is 7.97. The Morgan fingerprint density at radius 3 is 2.78 bits per heavy atom. The highest BCUT2D eigenvalue weighted by Crippen LogP contribution is 1.99. The highest BCUT2D eigenvalue weighted by atomic mass is 14.2. The molecule has 0 N–H and O–H groups in total. The van der Waals surface area contributed by atoms with Crippen LogP contribution >= 0.6 is 0 Å². The maximum absolute atomic E-state index is 8.40. The van der Waals surface area contributed by atoms with E-state index in [1.165, 1.54) is 0 Å². The zero-order chi connectivity index (χ0) is 7.11. The Bertz CT molecular complexity index is 148. The summed E-state index contributed by atoms with van der Waals surface area (Å²) in [6.45, 7) is 5.52. The fraction of sp³-hybridized carbons (Fsp3) is 0.375. The SMILES string of the molecule is C=CC/C=C(/C#N)CC. The Balaban J connectivity index is 3.79. The summed E-state index contributed by atoms with van der Waals surface area (Å²) in [5.74, 6) is 0. The van der Waals surface area contributed by atoms with Crippen LogP contribution in [-0.4, -0.2) is 0 Å². The van der Waals surface area contributed by atoms with Gasteiger partial charge in [0.25, 0.3) is 0 Å². The molecule has 0 aliphatic heterocycles. The molecule has 0 aliphatic carbocycles. The molecule has 0 saturated carbocycles. The van der Waals surface area contributed by atoms with Crippen molar-refractivity contribution < 1.29 is 0 Å². The predicted octanol–water partition coefficient (Wildman–Crippen LogP) is 2.42. The van der Waals surface area contributed by atoms with E-state index >= 15 is 0 Å². The van der Waals surface area contributed by atoms with Crippen LogP contribution in [0, 0.1) is 11.3 Å². The molecule has 0 amide bonds. The molecule has 0 rings (SSSR count). The van der Waals surface area contributed by atoms with E-state index < -0.39 is 0 Å². The Labute approximate surface area is 56.3 Å². The van der Waals surface area contributed by atoms with Gasteiger partial charge in [0.2, 0.25) is 0 Å². The van der Waals surface area contributed by atoms with Gasteiger partial charge in [0.15, 0.2) is 0 Å². The smallest absolute Gasteiger partial charge is 0.0943 e. The van der Waals surface area contributed by atoms with Gasteiger partial charge in [0, 0.05) is 5.57 Å². The maximum atomic E-state index is 8.40. The normalized spacial score (nSPS) is 10.4. The van der Waals surface area contributed by atoms with Gasteiger partial charge < -0.3 is 0 Å². The molecule has 1 nitrogen and oxygen atoms in total. The molecule has 0 aromatic heterocycles. The zero-order valence-corrected chi connectivity index (χ0v) is 5.72. The van der Waals surface area contributed by atoms with Gasteiger partial charge in [-0.15, -0.1) is 6.58 Å². The van der Waals surface area contributed by atoms with E-state index in [0.29, 0.717) is 0 Å². The van der Waals surface area contributed by atoms with Gasteiger partial charge in [-0.25, -0.2) is 0 Å². The Morgan fingerprint density at radius 1 is 1.78 bits per heavy atom. The third-order valence-corrected chi connectivity index (χ3v) is 1.06. The first-order valence-corrected chi connectivity index (χ1v) is 3.05. The van der Waals surface area contributed by atoms with Crippen molar-refractivity contribution in [2.45, 2.75) is 19.8 Å². The first-order chi connectivity index (χ1) is 4.35. The number of nitrogens with zero attached hydrogens (tertiary/aromatic N) is 1. The van der Waals surface area contributed by atoms with Crippen molar-refractivity contribution in [2.24, 2.45) is 0 Å². The van der Waals surface area contributed by atoms with Gasteiger partial charge in [-0.05, 0) is 12.8 Å². The molecule has 0 heterocycles. The number of rotatable bonds is 3. The van der Waals surface area contributed by atoms with Crippen LogP contribution in [-0.2, 0) is 0 Å². The summed E-state index contributed by atoms with van der Waals surface area (Å²) >= 11 is 0. The summed E-state index contributed by atoms with van der Waals surface area (Å²) in [6.07, 6.45) is 5.31. The van der Waals surface area contributed by atoms with Gasteiger partial charge in [-0.2, -0.15) is 5.26 Å². The molecule has 9 heavy (non-hydrogen) atoms. The van der Waals surface area contributed by atoms with Crippen molar-refractivity contribution in [1.29, 1.82) is 5.26 Å². The van der Waals surface area contributed by atoms with Gasteiger partial charge in [0.1, 0.15) is 0 Å². The van der Waals surface area contributed by atoms with Crippen LogP contribution in [0.2, 0.25) is 0 Å². The van der Waals surface area contributed by atoms with E-state index in [-0.39, 0.29) is 0 Å². The van der Waals surface area contributed by atoms with Gasteiger partial charge in [-0.1, -0.05) is 19.1 Å². The Kier molecular flexibility index (Phi) is 4.53. The van der Waals surface area contributed by atoms with E-state index in [4.69, 9.17) is 5.26 Å². The molecule has 0 saturated heterocycles. The molecule has 0 spiro atoms. The molecule has 0 aromatic rings. The lowest BCUT2D eigenvalue weighted by atomic mass is 10.2. The van der Waals surface area contributed by atoms with Crippen LogP contribution in [0.15, 0.2) is 24.3 Å². The number of hydrogen-bond acceptors (Lipinski definition) is 1. The van der Waals surface area contributed by atoms with Crippen LogP contribution in [0.4, 0.5) is 0 Å². The average molecular weight is 121 g/mol. The van der Waals surface area contributed by atoms with Crippen LogP contribution in [0.3, 0.4) is 0 Å². The van der Waals surface area contributed by atoms with Crippen molar-refractivity contribution in [2.75, 3.05) is 0 Å². The molecule has 0 atom stereocenters. The zero-order valence-electron chi connectivity index (χ0n) is 5.72. The number of nitriles is 1. The molecule has 0 aromatic carbocycles. The minimum atomic E-state index is 0.802. The summed E-state index contributed by atoms with van der Waals surface area (Å²) < 4.78 is 0. The lowest BCUT2D eigenvalue weighted by Gasteiger charge is -1.86. The molecule has 0 unspecified atom stereocenters. The minimum Gasteiger partial charge on any atom is -0.193 e. The third kappa shape index (κ3) is 3.54. The van der Waals surface area contributed by atoms with Crippen molar-refractivity contribution in [3.8, 4) is 6.07 Å². The van der Waals surface area contributed by atoms with Crippen molar-refractivity contribution in [1.82, 2.24) is 0 Å². The van der Waals surface area contributed by atoms with Crippen molar-refractivity contribution in [3.63, 3.8) is 0 Å². The maximum Gasteiger partial charge on any atom is 0.0943 e. The van der Waals surface area contributed by atoms with E-state index in [0.717, 1.165) is 18.4 Å². The summed E-state index contributed by atoms with van der Waals surface area (Å²) in [5.41, 5.74) is 0.843. The minimum absolute atomic E-state index is 0.802. The predicted molar refractivity (Wildman–Crippen MR) is 38.8 cm³/mol. The monoisotopic (exact) mass is 121 g/mol. The molecule has 0 bridgehead atoms. The second-order valence-corrected chi connectivity index (χ2v) is 1.72. The molecule has 0 fully saturated rings. The Morgan fingerprint density at radius 2 is 2.44 bits per heavy atom. The molecule has 1 heteroatoms. The molecular weight excluding hydrogens is 110 g/mol. The van der Waals surface area contributed by atoms with E-state index in [2.05, 4.69) is 12.6 Å². The highest BCUT2D eigenvalue weighted by Gasteiger charge is 1.85. The average Bonchev–Trinajstić information content (AvgIpc) is 1.91.